The average Bonchev–Trinajstić information content (AvgIpc) is 3.01. The molecular formula is C16H19N5O. The number of aryl methyl sites for hydroxylation is 3. The summed E-state index contributed by atoms with van der Waals surface area (Å²) in [7, 11) is 0. The van der Waals surface area contributed by atoms with Crippen LogP contribution in [0.5, 0.6) is 0 Å². The highest BCUT2D eigenvalue weighted by atomic mass is 16.3. The predicted octanol–water partition coefficient (Wildman–Crippen LogP) is 1.56. The molecule has 6 heteroatoms. The number of rotatable bonds is 2. The van der Waals surface area contributed by atoms with Crippen LogP contribution >= 0.6 is 0 Å². The summed E-state index contributed by atoms with van der Waals surface area (Å²) in [5, 5.41) is 15.0. The molecule has 0 fully saturated rings. The molecule has 4 rings (SSSR count). The van der Waals surface area contributed by atoms with Crippen molar-refractivity contribution in [2.75, 3.05) is 24.6 Å². The van der Waals surface area contributed by atoms with E-state index in [2.05, 4.69) is 29.8 Å². The third-order valence-corrected chi connectivity index (χ3v) is 4.43. The van der Waals surface area contributed by atoms with Gasteiger partial charge in [-0.05, 0) is 38.8 Å². The molecular weight excluding hydrogens is 278 g/mol. The van der Waals surface area contributed by atoms with Crippen molar-refractivity contribution in [2.24, 2.45) is 0 Å². The number of aromatic nitrogens is 4. The molecule has 0 radical (unpaired) electrons. The average molecular weight is 297 g/mol. The van der Waals surface area contributed by atoms with Crippen molar-refractivity contribution in [3.8, 4) is 0 Å². The molecule has 0 saturated heterocycles. The fourth-order valence-electron chi connectivity index (χ4n) is 3.49. The van der Waals surface area contributed by atoms with Gasteiger partial charge >= 0.3 is 0 Å². The number of anilines is 1. The second-order valence-corrected chi connectivity index (χ2v) is 5.97. The molecule has 6 nitrogen and oxygen atoms in total. The zero-order valence-corrected chi connectivity index (χ0v) is 13.1. The van der Waals surface area contributed by atoms with Gasteiger partial charge in [0.05, 0.1) is 12.0 Å². The summed E-state index contributed by atoms with van der Waals surface area (Å²) in [6.45, 7) is 7.77. The lowest BCUT2D eigenvalue weighted by Crippen LogP contribution is -2.26. The molecule has 22 heavy (non-hydrogen) atoms. The van der Waals surface area contributed by atoms with Gasteiger partial charge in [-0.3, -0.25) is 0 Å². The van der Waals surface area contributed by atoms with E-state index >= 15 is 0 Å². The van der Waals surface area contributed by atoms with Gasteiger partial charge in [0.15, 0.2) is 11.3 Å². The molecule has 0 aliphatic carbocycles. The van der Waals surface area contributed by atoms with E-state index in [0.29, 0.717) is 6.54 Å². The molecule has 0 amide bonds. The summed E-state index contributed by atoms with van der Waals surface area (Å²) >= 11 is 0. The second-order valence-electron chi connectivity index (χ2n) is 5.97. The molecule has 0 unspecified atom stereocenters. The Hall–Kier alpha value is -2.21. The summed E-state index contributed by atoms with van der Waals surface area (Å²) in [5.74, 6) is 1.06. The monoisotopic (exact) mass is 297 g/mol. The van der Waals surface area contributed by atoms with Gasteiger partial charge in [-0.15, -0.1) is 5.10 Å². The van der Waals surface area contributed by atoms with Crippen LogP contribution in [0.1, 0.15) is 22.5 Å². The van der Waals surface area contributed by atoms with Gasteiger partial charge in [0.2, 0.25) is 0 Å². The Morgan fingerprint density at radius 1 is 1.23 bits per heavy atom. The first kappa shape index (κ1) is 13.5. The predicted molar refractivity (Wildman–Crippen MR) is 85.5 cm³/mol. The maximum absolute atomic E-state index is 9.31. The van der Waals surface area contributed by atoms with Crippen LogP contribution in [0.15, 0.2) is 6.07 Å². The van der Waals surface area contributed by atoms with Crippen LogP contribution in [-0.4, -0.2) is 44.4 Å². The minimum atomic E-state index is 0.138. The zero-order chi connectivity index (χ0) is 15.4. The smallest absolute Gasteiger partial charge is 0.184 e. The number of hydrogen-bond acceptors (Lipinski definition) is 5. The fraction of sp³-hybridized carbons (Fsp3) is 0.438. The Kier molecular flexibility index (Phi) is 2.84. The zero-order valence-electron chi connectivity index (χ0n) is 13.1. The van der Waals surface area contributed by atoms with E-state index in [1.807, 2.05) is 11.4 Å². The quantitative estimate of drug-likeness (QED) is 0.777. The third kappa shape index (κ3) is 1.73. The van der Waals surface area contributed by atoms with Crippen molar-refractivity contribution in [3.63, 3.8) is 0 Å². The van der Waals surface area contributed by atoms with Crippen molar-refractivity contribution < 1.29 is 5.11 Å². The first-order valence-electron chi connectivity index (χ1n) is 7.62. The van der Waals surface area contributed by atoms with Gasteiger partial charge in [0.25, 0.3) is 0 Å². The first-order valence-corrected chi connectivity index (χ1v) is 7.62. The fourth-order valence-corrected chi connectivity index (χ4v) is 3.49. The maximum Gasteiger partial charge on any atom is 0.184 e. The van der Waals surface area contributed by atoms with Gasteiger partial charge < -0.3 is 10.0 Å². The summed E-state index contributed by atoms with van der Waals surface area (Å²) in [6, 6.07) is 2.07. The highest BCUT2D eigenvalue weighted by Gasteiger charge is 2.27. The van der Waals surface area contributed by atoms with Crippen molar-refractivity contribution in [3.05, 3.63) is 28.6 Å². The molecule has 1 aliphatic rings. The van der Waals surface area contributed by atoms with Crippen LogP contribution in [0.4, 0.5) is 5.82 Å². The number of aliphatic hydroxyl groups excluding tert-OH is 1. The SMILES string of the molecule is Cc1cc(C)c2c(n1)nn1c3c(c(C)nc21)CCN3CCO. The van der Waals surface area contributed by atoms with Crippen LogP contribution < -0.4 is 4.90 Å². The Bertz CT molecular complexity index is 899. The molecule has 0 spiro atoms. The summed E-state index contributed by atoms with van der Waals surface area (Å²) in [6.07, 6.45) is 0.950. The van der Waals surface area contributed by atoms with Crippen LogP contribution in [0.2, 0.25) is 0 Å². The second kappa shape index (κ2) is 4.64. The van der Waals surface area contributed by atoms with E-state index in [4.69, 9.17) is 10.1 Å². The number of nitrogens with zero attached hydrogens (tertiary/aromatic N) is 5. The van der Waals surface area contributed by atoms with Crippen molar-refractivity contribution in [1.82, 2.24) is 19.6 Å². The van der Waals surface area contributed by atoms with Crippen LogP contribution in [0.25, 0.3) is 16.7 Å². The van der Waals surface area contributed by atoms with E-state index in [1.54, 1.807) is 0 Å². The Balaban J connectivity index is 2.12. The molecule has 3 aromatic heterocycles. The number of aliphatic hydroxyl groups is 1. The van der Waals surface area contributed by atoms with Crippen LogP contribution in [0, 0.1) is 20.8 Å². The Labute approximate surface area is 128 Å². The van der Waals surface area contributed by atoms with Crippen molar-refractivity contribution in [1.29, 1.82) is 0 Å². The normalized spacial score (nSPS) is 14.3. The lowest BCUT2D eigenvalue weighted by molar-refractivity contribution is 0.302. The highest BCUT2D eigenvalue weighted by Crippen LogP contribution is 2.33. The number of β-amino-alcohol motifs (C(OH)–C–C–N with tert-alkyl or cyclic N) is 1. The number of hydrogen-bond donors (Lipinski definition) is 1. The van der Waals surface area contributed by atoms with Gasteiger partial charge in [-0.2, -0.15) is 4.52 Å². The lowest BCUT2D eigenvalue weighted by atomic mass is 10.1. The summed E-state index contributed by atoms with van der Waals surface area (Å²) < 4.78 is 1.91. The Morgan fingerprint density at radius 3 is 2.82 bits per heavy atom. The largest absolute Gasteiger partial charge is 0.395 e. The van der Waals surface area contributed by atoms with Crippen LogP contribution in [0.3, 0.4) is 0 Å². The highest BCUT2D eigenvalue weighted by molar-refractivity contribution is 5.93. The number of pyridine rings is 1. The molecule has 4 heterocycles. The van der Waals surface area contributed by atoms with Crippen molar-refractivity contribution in [2.45, 2.75) is 27.2 Å². The summed E-state index contributed by atoms with van der Waals surface area (Å²) in [4.78, 5) is 11.5. The molecule has 0 aromatic carbocycles. The van der Waals surface area contributed by atoms with E-state index in [-0.39, 0.29) is 6.61 Å². The van der Waals surface area contributed by atoms with Gasteiger partial charge in [-0.25, -0.2) is 9.97 Å². The molecule has 0 saturated carbocycles. The maximum atomic E-state index is 9.31. The first-order chi connectivity index (χ1) is 10.6. The molecule has 1 N–H and O–H groups in total. The topological polar surface area (TPSA) is 66.5 Å². The molecule has 114 valence electrons. The minimum Gasteiger partial charge on any atom is -0.395 e. The van der Waals surface area contributed by atoms with Gasteiger partial charge in [-0.1, -0.05) is 0 Å². The molecule has 0 atom stereocenters. The molecule has 0 bridgehead atoms. The van der Waals surface area contributed by atoms with E-state index in [1.165, 1.54) is 5.56 Å². The van der Waals surface area contributed by atoms with Crippen LogP contribution in [-0.2, 0) is 6.42 Å². The lowest BCUT2D eigenvalue weighted by Gasteiger charge is -2.18. The van der Waals surface area contributed by atoms with Crippen molar-refractivity contribution >= 4 is 22.5 Å². The van der Waals surface area contributed by atoms with Gasteiger partial charge in [0, 0.05) is 30.0 Å². The minimum absolute atomic E-state index is 0.138. The summed E-state index contributed by atoms with van der Waals surface area (Å²) in [5.41, 5.74) is 5.99. The van der Waals surface area contributed by atoms with E-state index in [0.717, 1.165) is 52.4 Å². The molecule has 1 aliphatic heterocycles. The van der Waals surface area contributed by atoms with E-state index in [9.17, 15) is 5.11 Å². The third-order valence-electron chi connectivity index (χ3n) is 4.43. The number of fused-ring (bicyclic) bond motifs is 5. The molecule has 3 aromatic rings. The standard InChI is InChI=1S/C16H19N5O/c1-9-8-10(2)17-14-13(9)15-18-11(3)12-4-5-20(6-7-22)16(12)21(15)19-14/h8,22H,4-7H2,1-3H3. The van der Waals surface area contributed by atoms with Gasteiger partial charge in [0.1, 0.15) is 5.82 Å². The van der Waals surface area contributed by atoms with E-state index < -0.39 is 0 Å². The Morgan fingerprint density at radius 2 is 2.05 bits per heavy atom.